The van der Waals surface area contributed by atoms with Crippen molar-refractivity contribution in [3.05, 3.63) is 103 Å². The van der Waals surface area contributed by atoms with E-state index in [2.05, 4.69) is 440 Å². The average molecular weight is 1550 g/mol. The van der Waals surface area contributed by atoms with Crippen LogP contribution in [0, 0.1) is 115 Å². The number of benzene rings is 3. The van der Waals surface area contributed by atoms with Gasteiger partial charge in [-0.2, -0.15) is 0 Å². The van der Waals surface area contributed by atoms with E-state index in [0.29, 0.717) is 99.7 Å². The Hall–Kier alpha value is -5.00. The van der Waals surface area contributed by atoms with Crippen LogP contribution < -0.4 is 0 Å². The first-order valence-electron chi connectivity index (χ1n) is 41.4. The molecule has 3 aromatic carbocycles. The number of rotatable bonds is 18. The normalized spacial score (nSPS) is 12.6. The van der Waals surface area contributed by atoms with Crippen molar-refractivity contribution in [1.29, 1.82) is 0 Å². The molecular formula is C98H150Si8. The van der Waals surface area contributed by atoms with Crippen molar-refractivity contribution in [2.45, 2.75) is 388 Å². The summed E-state index contributed by atoms with van der Waals surface area (Å²) in [5.74, 6) is 47.2. The van der Waals surface area contributed by atoms with Gasteiger partial charge in [-0.3, -0.25) is 0 Å². The van der Waals surface area contributed by atoms with Crippen LogP contribution in [0.3, 0.4) is 0 Å². The Morgan fingerprint density at radius 2 is 0.226 bits per heavy atom. The zero-order chi connectivity index (χ0) is 81.7. The fourth-order valence-electron chi connectivity index (χ4n) is 19.5. The van der Waals surface area contributed by atoms with Crippen molar-refractivity contribution in [3.8, 4) is 115 Å². The largest absolute Gasteiger partial charge is 0.146 e. The Morgan fingerprint density at radius 1 is 0.142 bits per heavy atom. The Labute approximate surface area is 666 Å². The van der Waals surface area contributed by atoms with Crippen LogP contribution in [-0.2, 0) is 0 Å². The van der Waals surface area contributed by atoms with Crippen LogP contribution in [-0.4, -0.2) is 64.6 Å². The first-order valence-corrected chi connectivity index (χ1v) is 61.8. The van der Waals surface area contributed by atoms with Gasteiger partial charge < -0.3 is 0 Å². The van der Waals surface area contributed by atoms with Gasteiger partial charge in [0.25, 0.3) is 0 Å². The molecule has 0 bridgehead atoms. The minimum atomic E-state index is -2.32. The van der Waals surface area contributed by atoms with E-state index >= 15 is 0 Å². The fourth-order valence-corrected chi connectivity index (χ4v) is 51.8. The molecule has 0 aliphatic carbocycles. The predicted molar refractivity (Wildman–Crippen MR) is 499 cm³/mol. The van der Waals surface area contributed by atoms with Crippen LogP contribution in [0.25, 0.3) is 0 Å². The molecule has 3 aromatic rings. The summed E-state index contributed by atoms with van der Waals surface area (Å²) < 4.78 is 0. The van der Waals surface area contributed by atoms with E-state index in [-0.39, 0.29) is 0 Å². The molecule has 0 amide bonds. The summed E-state index contributed by atoms with van der Waals surface area (Å²) in [5, 5.41) is 0. The zero-order valence-electron chi connectivity index (χ0n) is 75.9. The van der Waals surface area contributed by atoms with E-state index in [1.165, 1.54) is 0 Å². The SMILES string of the molecule is CC(C)[Si](C#Cc1cc(C#Cc2cc(C#C[Si](C(C)C)(C(C)C)C(C)C)c(C#C[Si](C)(C)C)cc2C#C[Si](C(C)C)(C(C)C)C(C)C)c(C#C[Si](C(C)C)(C(C)C)C(C)C)cc1C#Cc1cc(C#C[Si](C(C)C)(C(C)C)C(C)C)c(C#C[Si](C)(C)C)cc1C#C[Si](C(C)C)(C(C)C)C(C)C)(C(C)C)C(C)C. The smallest absolute Gasteiger partial charge is 0.127 e. The number of hydrogen-bond donors (Lipinski definition) is 0. The highest BCUT2D eigenvalue weighted by Gasteiger charge is 2.47. The van der Waals surface area contributed by atoms with Crippen LogP contribution in [0.2, 0.25) is 139 Å². The van der Waals surface area contributed by atoms with E-state index in [0.717, 1.165) is 66.8 Å². The molecule has 0 nitrogen and oxygen atoms in total. The van der Waals surface area contributed by atoms with Gasteiger partial charge in [0.05, 0.1) is 0 Å². The molecule has 0 unspecified atom stereocenters. The van der Waals surface area contributed by atoms with Crippen LogP contribution in [0.4, 0.5) is 0 Å². The van der Waals surface area contributed by atoms with E-state index in [1.807, 2.05) is 0 Å². The monoisotopic (exact) mass is 1550 g/mol. The van der Waals surface area contributed by atoms with Crippen molar-refractivity contribution < 1.29 is 0 Å². The maximum atomic E-state index is 4.20. The highest BCUT2D eigenvalue weighted by atomic mass is 28.3. The van der Waals surface area contributed by atoms with Crippen molar-refractivity contribution in [3.63, 3.8) is 0 Å². The Morgan fingerprint density at radius 3 is 0.311 bits per heavy atom. The zero-order valence-corrected chi connectivity index (χ0v) is 83.9. The second-order valence-corrected chi connectivity index (χ2v) is 82.2. The van der Waals surface area contributed by atoms with E-state index in [4.69, 9.17) is 0 Å². The van der Waals surface area contributed by atoms with Crippen LogP contribution in [0.1, 0.15) is 316 Å². The summed E-state index contributed by atoms with van der Waals surface area (Å²) >= 11 is 0. The molecule has 0 aromatic heterocycles. The van der Waals surface area contributed by atoms with Gasteiger partial charge in [0.1, 0.15) is 64.6 Å². The van der Waals surface area contributed by atoms with Gasteiger partial charge in [-0.05, 0) is 136 Å². The standard InChI is InChI=1S/C98H150Si8/c1-69(2)101(70(3)4,71(5)6)57-49-93-63-88(44-46-90-66-98(54-62-106(84(31)32,85(33)34)86(35)36)92(48-56-100(40,41)42)68-96(90)52-60-104(78(19)20,79(21)22)80(23)24)94(50-58-102(72(7)8,73(9)10)74(11)12)64-87(93)43-45-89-65-97(53-61-105(81(25)26,82(27)28)83(29)30)91(47-55-99(37,38)39)67-95(89)51-59-103(75(13)14,76(15)16)77(17)18/h63-86H,1-42H3. The summed E-state index contributed by atoms with van der Waals surface area (Å²) in [6.45, 7) is 101. The minimum absolute atomic E-state index is 0.416. The van der Waals surface area contributed by atoms with Crippen molar-refractivity contribution in [2.24, 2.45) is 0 Å². The second-order valence-electron chi connectivity index (χ2n) is 39.2. The van der Waals surface area contributed by atoms with E-state index in [1.54, 1.807) is 0 Å². The molecule has 0 saturated carbocycles. The lowest BCUT2D eigenvalue weighted by atomic mass is 9.96. The van der Waals surface area contributed by atoms with Crippen molar-refractivity contribution in [1.82, 2.24) is 0 Å². The Balaban J connectivity index is 3.24. The molecule has 0 atom stereocenters. The summed E-state index contributed by atoms with van der Waals surface area (Å²) in [5.41, 5.74) is 51.4. The Bertz CT molecular complexity index is 3830. The summed E-state index contributed by atoms with van der Waals surface area (Å²) in [7, 11) is -17.1. The maximum absolute atomic E-state index is 4.20. The molecule has 0 aliphatic rings. The van der Waals surface area contributed by atoms with Crippen LogP contribution in [0.5, 0.6) is 0 Å². The van der Waals surface area contributed by atoms with Gasteiger partial charge in [0, 0.05) is 66.8 Å². The first kappa shape index (κ1) is 95.2. The van der Waals surface area contributed by atoms with Crippen molar-refractivity contribution in [2.75, 3.05) is 0 Å². The highest BCUT2D eigenvalue weighted by molar-refractivity contribution is 6.93. The highest BCUT2D eigenvalue weighted by Crippen LogP contribution is 2.47. The minimum Gasteiger partial charge on any atom is -0.127 e. The first-order chi connectivity index (χ1) is 48.6. The lowest BCUT2D eigenvalue weighted by Gasteiger charge is -2.38. The van der Waals surface area contributed by atoms with Crippen LogP contribution in [0.15, 0.2) is 36.4 Å². The second kappa shape index (κ2) is 38.8. The fraction of sp³-hybridized carbons (Fsp3) is 0.612. The molecule has 0 aliphatic heterocycles. The molecule has 574 valence electrons. The predicted octanol–water partition coefficient (Wildman–Crippen LogP) is 28.4. The number of hydrogen-bond acceptors (Lipinski definition) is 0. The molecule has 0 heterocycles. The summed E-state index contributed by atoms with van der Waals surface area (Å²) in [6, 6.07) is 13.6. The summed E-state index contributed by atoms with van der Waals surface area (Å²) in [4.78, 5) is 0. The van der Waals surface area contributed by atoms with Gasteiger partial charge >= 0.3 is 0 Å². The topological polar surface area (TPSA) is 0 Å². The summed E-state index contributed by atoms with van der Waals surface area (Å²) in [6.07, 6.45) is 0. The van der Waals surface area contributed by atoms with Gasteiger partial charge in [-0.25, -0.2) is 0 Å². The molecular weight excluding hydrogens is 1400 g/mol. The van der Waals surface area contributed by atoms with Gasteiger partial charge in [-0.15, -0.1) is 44.3 Å². The van der Waals surface area contributed by atoms with Gasteiger partial charge in [0.15, 0.2) is 0 Å². The molecule has 0 spiro atoms. The van der Waals surface area contributed by atoms with E-state index in [9.17, 15) is 0 Å². The molecule has 0 saturated heterocycles. The van der Waals surface area contributed by atoms with E-state index < -0.39 is 64.6 Å². The molecule has 0 N–H and O–H groups in total. The molecule has 0 fully saturated rings. The molecule has 8 heteroatoms. The molecule has 106 heavy (non-hydrogen) atoms. The lowest BCUT2D eigenvalue weighted by Crippen LogP contribution is -2.43. The third kappa shape index (κ3) is 21.8. The molecule has 3 rings (SSSR count). The Kier molecular flexibility index (Phi) is 34.8. The maximum Gasteiger partial charge on any atom is 0.146 e. The molecule has 0 radical (unpaired) electrons. The third-order valence-corrected chi connectivity index (χ3v) is 64.4. The third-order valence-electron chi connectivity index (χ3n) is 25.0. The van der Waals surface area contributed by atoms with Crippen molar-refractivity contribution >= 4 is 64.6 Å². The average Bonchev–Trinajstić information content (AvgIpc) is 0.781. The lowest BCUT2D eigenvalue weighted by molar-refractivity contribution is 0.838. The van der Waals surface area contributed by atoms with Crippen LogP contribution >= 0.6 is 0 Å². The van der Waals surface area contributed by atoms with Gasteiger partial charge in [0.2, 0.25) is 0 Å². The quantitative estimate of drug-likeness (QED) is 0.0880. The van der Waals surface area contributed by atoms with Gasteiger partial charge in [-0.1, -0.05) is 360 Å².